The molecule has 1 atom stereocenters. The second-order valence-corrected chi connectivity index (χ2v) is 8.07. The van der Waals surface area contributed by atoms with Gasteiger partial charge in [-0.05, 0) is 42.0 Å². The number of halogens is 3. The minimum absolute atomic E-state index is 0.157. The highest BCUT2D eigenvalue weighted by Crippen LogP contribution is 2.46. The molecule has 0 saturated heterocycles. The molecule has 1 unspecified atom stereocenters. The van der Waals surface area contributed by atoms with Crippen LogP contribution in [0.15, 0.2) is 97.4 Å². The SMILES string of the molecule is O=C(ON1C=COc2c(c(C(F)(F)F)nn2-c2ccccc2)C1c1ccc([N+](=O)[O-])cc1)c1ccccc1. The Bertz CT molecular complexity index is 1500. The number of carbonyl (C=O) groups is 1. The summed E-state index contributed by atoms with van der Waals surface area (Å²) >= 11 is 0. The first kappa shape index (κ1) is 24.6. The van der Waals surface area contributed by atoms with E-state index in [1.807, 2.05) is 0 Å². The molecule has 1 aliphatic rings. The number of benzene rings is 3. The number of nitrogens with zero attached hydrogens (tertiary/aromatic N) is 4. The molecule has 1 aromatic heterocycles. The van der Waals surface area contributed by atoms with Crippen molar-refractivity contribution in [2.45, 2.75) is 12.2 Å². The topological polar surface area (TPSA) is 99.7 Å². The monoisotopic (exact) mass is 522 g/mol. The fraction of sp³-hybridized carbons (Fsp3) is 0.0769. The van der Waals surface area contributed by atoms with Crippen molar-refractivity contribution < 1.29 is 32.5 Å². The highest BCUT2D eigenvalue weighted by Gasteiger charge is 2.45. The summed E-state index contributed by atoms with van der Waals surface area (Å²) in [6.45, 7) is 0. The van der Waals surface area contributed by atoms with Crippen molar-refractivity contribution in [3.05, 3.63) is 130 Å². The quantitative estimate of drug-likeness (QED) is 0.240. The molecule has 1 aliphatic heterocycles. The molecule has 0 aliphatic carbocycles. The molecular formula is C26H17F3N4O5. The van der Waals surface area contributed by atoms with Gasteiger partial charge in [-0.25, -0.2) is 4.79 Å². The van der Waals surface area contributed by atoms with Gasteiger partial charge in [0.05, 0.1) is 27.9 Å². The molecule has 0 bridgehead atoms. The third-order valence-corrected chi connectivity index (χ3v) is 5.68. The largest absolute Gasteiger partial charge is 0.445 e. The van der Waals surface area contributed by atoms with Crippen LogP contribution in [0.2, 0.25) is 0 Å². The molecule has 9 nitrogen and oxygen atoms in total. The van der Waals surface area contributed by atoms with Gasteiger partial charge in [0, 0.05) is 12.1 Å². The third-order valence-electron chi connectivity index (χ3n) is 5.68. The van der Waals surface area contributed by atoms with Gasteiger partial charge in [-0.15, -0.1) is 0 Å². The van der Waals surface area contributed by atoms with E-state index in [1.54, 1.807) is 48.5 Å². The maximum absolute atomic E-state index is 14.4. The van der Waals surface area contributed by atoms with Crippen LogP contribution >= 0.6 is 0 Å². The summed E-state index contributed by atoms with van der Waals surface area (Å²) in [6, 6.07) is 19.4. The van der Waals surface area contributed by atoms with E-state index in [0.29, 0.717) is 5.69 Å². The fourth-order valence-corrected chi connectivity index (χ4v) is 3.99. The van der Waals surface area contributed by atoms with Crippen LogP contribution in [0.1, 0.15) is 33.2 Å². The Balaban J connectivity index is 1.70. The van der Waals surface area contributed by atoms with Crippen LogP contribution < -0.4 is 4.74 Å². The highest BCUT2D eigenvalue weighted by atomic mass is 19.4. The Morgan fingerprint density at radius 2 is 1.61 bits per heavy atom. The maximum Gasteiger partial charge on any atom is 0.435 e. The van der Waals surface area contributed by atoms with Crippen LogP contribution in [-0.4, -0.2) is 25.7 Å². The normalized spacial score (nSPS) is 14.8. The van der Waals surface area contributed by atoms with Crippen LogP contribution in [0, 0.1) is 10.1 Å². The minimum atomic E-state index is -4.92. The van der Waals surface area contributed by atoms with Crippen molar-refractivity contribution >= 4 is 11.7 Å². The van der Waals surface area contributed by atoms with Gasteiger partial charge in [0.15, 0.2) is 5.69 Å². The maximum atomic E-state index is 14.4. The number of nitro benzene ring substituents is 1. The van der Waals surface area contributed by atoms with Crippen molar-refractivity contribution in [2.75, 3.05) is 0 Å². The van der Waals surface area contributed by atoms with Crippen LogP contribution in [0.4, 0.5) is 18.9 Å². The van der Waals surface area contributed by atoms with Gasteiger partial charge in [-0.1, -0.05) is 36.4 Å². The third kappa shape index (κ3) is 4.66. The Kier molecular flexibility index (Phi) is 6.29. The fourth-order valence-electron chi connectivity index (χ4n) is 3.99. The minimum Gasteiger partial charge on any atom is -0.445 e. The lowest BCUT2D eigenvalue weighted by Gasteiger charge is -2.28. The molecule has 0 N–H and O–H groups in total. The number of carbonyl (C=O) groups excluding carboxylic acids is 1. The van der Waals surface area contributed by atoms with Crippen molar-refractivity contribution in [3.63, 3.8) is 0 Å². The average Bonchev–Trinajstić information content (AvgIpc) is 3.20. The summed E-state index contributed by atoms with van der Waals surface area (Å²) in [5.74, 6) is -1.10. The summed E-state index contributed by atoms with van der Waals surface area (Å²) < 4.78 is 49.8. The number of aromatic nitrogens is 2. The Morgan fingerprint density at radius 3 is 2.21 bits per heavy atom. The smallest absolute Gasteiger partial charge is 0.435 e. The van der Waals surface area contributed by atoms with E-state index in [2.05, 4.69) is 5.10 Å². The second-order valence-electron chi connectivity index (χ2n) is 8.07. The molecule has 0 saturated carbocycles. The number of nitro groups is 1. The van der Waals surface area contributed by atoms with E-state index in [4.69, 9.17) is 9.57 Å². The number of hydrogen-bond donors (Lipinski definition) is 0. The molecule has 3 aromatic carbocycles. The molecule has 38 heavy (non-hydrogen) atoms. The molecule has 0 radical (unpaired) electrons. The Hall–Kier alpha value is -5.13. The van der Waals surface area contributed by atoms with Gasteiger partial charge in [0.2, 0.25) is 5.88 Å². The molecule has 192 valence electrons. The number of hydrogen-bond acceptors (Lipinski definition) is 7. The van der Waals surface area contributed by atoms with Crippen LogP contribution in [0.3, 0.4) is 0 Å². The second kappa shape index (κ2) is 9.73. The number of fused-ring (bicyclic) bond motifs is 1. The van der Waals surface area contributed by atoms with Gasteiger partial charge in [0.1, 0.15) is 12.3 Å². The van der Waals surface area contributed by atoms with Gasteiger partial charge in [-0.3, -0.25) is 10.1 Å². The average molecular weight is 522 g/mol. The molecule has 0 amide bonds. The van der Waals surface area contributed by atoms with Crippen molar-refractivity contribution in [1.29, 1.82) is 0 Å². The van der Waals surface area contributed by atoms with E-state index < -0.39 is 34.4 Å². The van der Waals surface area contributed by atoms with Crippen LogP contribution in [0.25, 0.3) is 5.69 Å². The lowest BCUT2D eigenvalue weighted by atomic mass is 9.97. The predicted molar refractivity (Wildman–Crippen MR) is 127 cm³/mol. The molecule has 12 heteroatoms. The number of alkyl halides is 3. The molecule has 5 rings (SSSR count). The molecule has 2 heterocycles. The number of para-hydroxylation sites is 1. The number of rotatable bonds is 5. The van der Waals surface area contributed by atoms with Crippen LogP contribution in [0.5, 0.6) is 5.88 Å². The van der Waals surface area contributed by atoms with E-state index in [9.17, 15) is 28.1 Å². The summed E-state index contributed by atoms with van der Waals surface area (Å²) in [5, 5.41) is 15.9. The summed E-state index contributed by atoms with van der Waals surface area (Å²) in [6.07, 6.45) is -2.68. The first-order valence-corrected chi connectivity index (χ1v) is 11.1. The number of non-ortho nitro benzene ring substituents is 1. The van der Waals surface area contributed by atoms with E-state index in [1.165, 1.54) is 30.5 Å². The Labute approximate surface area is 213 Å². The number of hydroxylamine groups is 2. The molecule has 0 fully saturated rings. The number of ether oxygens (including phenoxy) is 1. The summed E-state index contributed by atoms with van der Waals surface area (Å²) in [7, 11) is 0. The zero-order chi connectivity index (χ0) is 26.9. The standard InChI is InChI=1S/C26H17F3N4O5/c27-26(28,29)23-21-22(17-11-13-20(14-12-17)33(35)36)31(38-25(34)18-7-3-1-4-8-18)15-16-37-24(21)32(30-23)19-9-5-2-6-10-19/h1-16,22H. The zero-order valence-corrected chi connectivity index (χ0v) is 19.3. The first-order valence-electron chi connectivity index (χ1n) is 11.1. The molecule has 0 spiro atoms. The van der Waals surface area contributed by atoms with Gasteiger partial charge in [-0.2, -0.15) is 28.0 Å². The van der Waals surface area contributed by atoms with Crippen molar-refractivity contribution in [1.82, 2.24) is 14.8 Å². The van der Waals surface area contributed by atoms with Crippen molar-refractivity contribution in [2.24, 2.45) is 0 Å². The van der Waals surface area contributed by atoms with Gasteiger partial charge < -0.3 is 9.57 Å². The summed E-state index contributed by atoms with van der Waals surface area (Å²) in [5.41, 5.74) is -1.37. The van der Waals surface area contributed by atoms with E-state index >= 15 is 0 Å². The lowest BCUT2D eigenvalue weighted by Crippen LogP contribution is -2.29. The zero-order valence-electron chi connectivity index (χ0n) is 19.3. The van der Waals surface area contributed by atoms with Crippen molar-refractivity contribution in [3.8, 4) is 11.6 Å². The first-order chi connectivity index (χ1) is 18.2. The van der Waals surface area contributed by atoms with Gasteiger partial charge >= 0.3 is 12.1 Å². The van der Waals surface area contributed by atoms with E-state index in [-0.39, 0.29) is 22.7 Å². The summed E-state index contributed by atoms with van der Waals surface area (Å²) in [4.78, 5) is 29.0. The van der Waals surface area contributed by atoms with Crippen LogP contribution in [-0.2, 0) is 11.0 Å². The molecule has 4 aromatic rings. The van der Waals surface area contributed by atoms with Gasteiger partial charge in [0.25, 0.3) is 5.69 Å². The Morgan fingerprint density at radius 1 is 0.974 bits per heavy atom. The lowest BCUT2D eigenvalue weighted by molar-refractivity contribution is -0.384. The highest BCUT2D eigenvalue weighted by molar-refractivity contribution is 5.89. The molecular weight excluding hydrogens is 505 g/mol. The van der Waals surface area contributed by atoms with E-state index in [0.717, 1.165) is 28.1 Å². The predicted octanol–water partition coefficient (Wildman–Crippen LogP) is 5.83.